The van der Waals surface area contributed by atoms with Crippen molar-refractivity contribution in [1.29, 1.82) is 0 Å². The fourth-order valence-corrected chi connectivity index (χ4v) is 5.03. The number of hydrogen-bond acceptors (Lipinski definition) is 5. The van der Waals surface area contributed by atoms with Gasteiger partial charge in [-0.2, -0.15) is 0 Å². The highest BCUT2D eigenvalue weighted by atomic mass is 16.8. The first-order valence-electron chi connectivity index (χ1n) is 7.32. The molecule has 3 heterocycles. The number of hydrogen-bond donors (Lipinski definition) is 3. The molecular weight excluding hydrogens is 260 g/mol. The van der Waals surface area contributed by atoms with Gasteiger partial charge in [-0.05, 0) is 19.3 Å². The zero-order valence-corrected chi connectivity index (χ0v) is 12.1. The van der Waals surface area contributed by atoms with Crippen molar-refractivity contribution in [2.45, 2.75) is 57.4 Å². The standard InChI is InChI=1S/C15H22O5/c1-8-4-5-9-12(2)7-19-11-10(16)14(8,9)6-15(18,20-11)13(12,3)17/h5,8,10-11,16-18H,4,6-7H2,1-3H3/t8-,10+,11?,12-,13-,14-,15-/m1/s1. The quantitative estimate of drug-likeness (QED) is 0.565. The van der Waals surface area contributed by atoms with E-state index in [0.717, 1.165) is 12.0 Å². The number of aliphatic hydroxyl groups is 3. The molecule has 4 bridgehead atoms. The van der Waals surface area contributed by atoms with Crippen LogP contribution in [0, 0.1) is 16.7 Å². The van der Waals surface area contributed by atoms with Crippen molar-refractivity contribution >= 4 is 0 Å². The molecule has 20 heavy (non-hydrogen) atoms. The van der Waals surface area contributed by atoms with E-state index in [1.807, 2.05) is 6.92 Å². The molecule has 1 unspecified atom stereocenters. The van der Waals surface area contributed by atoms with Crippen molar-refractivity contribution in [2.75, 3.05) is 6.61 Å². The first-order chi connectivity index (χ1) is 9.19. The molecule has 0 radical (unpaired) electrons. The highest BCUT2D eigenvalue weighted by molar-refractivity contribution is 5.41. The monoisotopic (exact) mass is 282 g/mol. The van der Waals surface area contributed by atoms with Gasteiger partial charge in [-0.25, -0.2) is 0 Å². The minimum Gasteiger partial charge on any atom is -0.387 e. The van der Waals surface area contributed by atoms with Crippen molar-refractivity contribution in [1.82, 2.24) is 0 Å². The first kappa shape index (κ1) is 13.2. The van der Waals surface area contributed by atoms with E-state index >= 15 is 0 Å². The molecule has 3 saturated heterocycles. The van der Waals surface area contributed by atoms with Crippen LogP contribution in [0.15, 0.2) is 11.6 Å². The molecular formula is C15H22O5. The summed E-state index contributed by atoms with van der Waals surface area (Å²) in [5.74, 6) is -1.49. The molecule has 0 aromatic rings. The van der Waals surface area contributed by atoms with Crippen LogP contribution < -0.4 is 0 Å². The van der Waals surface area contributed by atoms with Crippen LogP contribution in [0.1, 0.15) is 33.6 Å². The summed E-state index contributed by atoms with van der Waals surface area (Å²) in [4.78, 5) is 0. The van der Waals surface area contributed by atoms with Gasteiger partial charge in [-0.3, -0.25) is 0 Å². The van der Waals surface area contributed by atoms with E-state index in [1.165, 1.54) is 0 Å². The maximum absolute atomic E-state index is 11.0. The lowest BCUT2D eigenvalue weighted by Crippen LogP contribution is -2.74. The molecule has 5 heteroatoms. The van der Waals surface area contributed by atoms with Gasteiger partial charge < -0.3 is 24.8 Å². The van der Waals surface area contributed by atoms with Crippen LogP contribution in [0.2, 0.25) is 0 Å². The lowest BCUT2D eigenvalue weighted by Gasteiger charge is -2.63. The average Bonchev–Trinajstić information content (AvgIpc) is 2.64. The Morgan fingerprint density at radius 3 is 2.70 bits per heavy atom. The average molecular weight is 282 g/mol. The van der Waals surface area contributed by atoms with Gasteiger partial charge in [-0.1, -0.05) is 25.5 Å². The lowest BCUT2D eigenvalue weighted by molar-refractivity contribution is -0.407. The minimum absolute atomic E-state index is 0.197. The predicted molar refractivity (Wildman–Crippen MR) is 69.4 cm³/mol. The Morgan fingerprint density at radius 2 is 2.00 bits per heavy atom. The first-order valence-corrected chi connectivity index (χ1v) is 7.32. The largest absolute Gasteiger partial charge is 0.387 e. The number of ether oxygens (including phenoxy) is 2. The number of rotatable bonds is 0. The lowest BCUT2D eigenvalue weighted by atomic mass is 9.48. The van der Waals surface area contributed by atoms with E-state index in [9.17, 15) is 15.3 Å². The summed E-state index contributed by atoms with van der Waals surface area (Å²) in [6, 6.07) is 0. The van der Waals surface area contributed by atoms with E-state index < -0.39 is 34.6 Å². The van der Waals surface area contributed by atoms with Crippen molar-refractivity contribution in [3.63, 3.8) is 0 Å². The van der Waals surface area contributed by atoms with Crippen molar-refractivity contribution in [2.24, 2.45) is 16.7 Å². The van der Waals surface area contributed by atoms with Crippen molar-refractivity contribution in [3.05, 3.63) is 11.6 Å². The molecule has 0 aromatic carbocycles. The van der Waals surface area contributed by atoms with E-state index in [4.69, 9.17) is 9.47 Å². The normalized spacial score (nSPS) is 64.1. The third-order valence-electron chi connectivity index (χ3n) is 6.65. The summed E-state index contributed by atoms with van der Waals surface area (Å²) in [6.07, 6.45) is 1.51. The Hall–Kier alpha value is -0.460. The second-order valence-corrected chi connectivity index (χ2v) is 7.40. The van der Waals surface area contributed by atoms with Crippen LogP contribution in [-0.2, 0) is 9.47 Å². The molecule has 4 fully saturated rings. The summed E-state index contributed by atoms with van der Waals surface area (Å²) < 4.78 is 11.3. The van der Waals surface area contributed by atoms with E-state index in [1.54, 1.807) is 6.92 Å². The van der Waals surface area contributed by atoms with Crippen LogP contribution in [0.5, 0.6) is 0 Å². The summed E-state index contributed by atoms with van der Waals surface area (Å²) in [5, 5.41) is 32.7. The highest BCUT2D eigenvalue weighted by Crippen LogP contribution is 2.70. The van der Waals surface area contributed by atoms with Gasteiger partial charge in [0.25, 0.3) is 0 Å². The Bertz CT molecular complexity index is 514. The Balaban J connectivity index is 2.03. The molecule has 1 spiro atoms. The number of aliphatic hydroxyl groups excluding tert-OH is 1. The highest BCUT2D eigenvalue weighted by Gasteiger charge is 2.77. The fourth-order valence-electron chi connectivity index (χ4n) is 5.03. The smallest absolute Gasteiger partial charge is 0.199 e. The third kappa shape index (κ3) is 1.05. The molecule has 1 saturated carbocycles. The number of fused-ring (bicyclic) bond motifs is 1. The molecule has 0 aromatic heterocycles. The van der Waals surface area contributed by atoms with Crippen molar-refractivity contribution < 1.29 is 24.8 Å². The van der Waals surface area contributed by atoms with Crippen LogP contribution >= 0.6 is 0 Å². The van der Waals surface area contributed by atoms with E-state index in [2.05, 4.69) is 13.0 Å². The summed E-state index contributed by atoms with van der Waals surface area (Å²) in [7, 11) is 0. The molecule has 0 amide bonds. The maximum atomic E-state index is 11.0. The van der Waals surface area contributed by atoms with Gasteiger partial charge in [-0.15, -0.1) is 0 Å². The minimum atomic E-state index is -1.68. The van der Waals surface area contributed by atoms with Crippen LogP contribution in [0.4, 0.5) is 0 Å². The fraction of sp³-hybridized carbons (Fsp3) is 0.867. The van der Waals surface area contributed by atoms with Gasteiger partial charge in [0.2, 0.25) is 0 Å². The topological polar surface area (TPSA) is 79.2 Å². The van der Waals surface area contributed by atoms with Crippen LogP contribution in [0.25, 0.3) is 0 Å². The molecule has 2 aliphatic carbocycles. The molecule has 5 rings (SSSR count). The summed E-state index contributed by atoms with van der Waals surface area (Å²) in [6.45, 7) is 5.84. The Labute approximate surface area is 118 Å². The zero-order valence-electron chi connectivity index (χ0n) is 12.1. The number of allylic oxidation sites excluding steroid dienone is 1. The van der Waals surface area contributed by atoms with Crippen molar-refractivity contribution in [3.8, 4) is 0 Å². The van der Waals surface area contributed by atoms with Gasteiger partial charge in [0.15, 0.2) is 12.1 Å². The molecule has 3 aliphatic heterocycles. The Kier molecular flexibility index (Phi) is 2.18. The Morgan fingerprint density at radius 1 is 1.30 bits per heavy atom. The summed E-state index contributed by atoms with van der Waals surface area (Å²) in [5.41, 5.74) is -1.72. The van der Waals surface area contributed by atoms with Gasteiger partial charge in [0, 0.05) is 17.3 Å². The SMILES string of the molecule is C[C@@H]1CC=C2[C@@]13C[C@@]1(O)OC(OC[C@@]2(C)[C@@]1(C)O)[C@@H]3O. The van der Waals surface area contributed by atoms with E-state index in [-0.39, 0.29) is 18.9 Å². The van der Waals surface area contributed by atoms with E-state index in [0.29, 0.717) is 0 Å². The van der Waals surface area contributed by atoms with Gasteiger partial charge >= 0.3 is 0 Å². The molecule has 5 nitrogen and oxygen atoms in total. The molecule has 3 N–H and O–H groups in total. The van der Waals surface area contributed by atoms with Gasteiger partial charge in [0.1, 0.15) is 11.7 Å². The van der Waals surface area contributed by atoms with Crippen LogP contribution in [-0.4, -0.2) is 45.7 Å². The third-order valence-corrected chi connectivity index (χ3v) is 6.65. The zero-order chi connectivity index (χ0) is 14.6. The predicted octanol–water partition coefficient (Wildman–Crippen LogP) is 0.536. The van der Waals surface area contributed by atoms with Crippen LogP contribution in [0.3, 0.4) is 0 Å². The molecule has 7 atom stereocenters. The van der Waals surface area contributed by atoms with Gasteiger partial charge in [0.05, 0.1) is 6.61 Å². The maximum Gasteiger partial charge on any atom is 0.199 e. The summed E-state index contributed by atoms with van der Waals surface area (Å²) >= 11 is 0. The second kappa shape index (κ2) is 3.31. The second-order valence-electron chi connectivity index (χ2n) is 7.40. The molecule has 5 aliphatic rings. The molecule has 112 valence electrons.